The van der Waals surface area contributed by atoms with Crippen LogP contribution in [0.2, 0.25) is 0 Å². The summed E-state index contributed by atoms with van der Waals surface area (Å²) in [6, 6.07) is 3.68. The lowest BCUT2D eigenvalue weighted by molar-refractivity contribution is 0.349. The molecule has 0 spiro atoms. The fourth-order valence-corrected chi connectivity index (χ4v) is 4.59. The van der Waals surface area contributed by atoms with Crippen LogP contribution < -0.4 is 5.32 Å². The van der Waals surface area contributed by atoms with Crippen molar-refractivity contribution in [1.29, 1.82) is 5.26 Å². The summed E-state index contributed by atoms with van der Waals surface area (Å²) in [5.41, 5.74) is 0. The Labute approximate surface area is 116 Å². The second-order valence-corrected chi connectivity index (χ2v) is 7.31. The molecule has 0 aliphatic heterocycles. The van der Waals surface area contributed by atoms with Crippen molar-refractivity contribution in [1.82, 2.24) is 5.32 Å². The van der Waals surface area contributed by atoms with Crippen molar-refractivity contribution in [2.75, 3.05) is 5.75 Å². The Balaban J connectivity index is 1.82. The molecule has 2 saturated carbocycles. The van der Waals surface area contributed by atoms with Crippen molar-refractivity contribution in [3.63, 3.8) is 0 Å². The molecule has 0 bridgehead atoms. The topological polar surface area (TPSA) is 35.8 Å². The molecular formula is C15H26N2S. The molecular weight excluding hydrogens is 240 g/mol. The highest BCUT2D eigenvalue weighted by Gasteiger charge is 2.30. The van der Waals surface area contributed by atoms with Crippen molar-refractivity contribution < 1.29 is 0 Å². The first-order valence-electron chi connectivity index (χ1n) is 7.60. The Morgan fingerprint density at radius 1 is 1.17 bits per heavy atom. The Kier molecular flexibility index (Phi) is 5.85. The number of nitrogens with one attached hydrogen (secondary N) is 1. The molecule has 2 nitrogen and oxygen atoms in total. The minimum Gasteiger partial charge on any atom is -0.310 e. The summed E-state index contributed by atoms with van der Waals surface area (Å²) in [6.07, 6.45) is 10.2. The number of thioether (sulfide) groups is 1. The summed E-state index contributed by atoms with van der Waals surface area (Å²) in [6.45, 7) is 2.25. The summed E-state index contributed by atoms with van der Waals surface area (Å²) in [4.78, 5) is 0. The summed E-state index contributed by atoms with van der Waals surface area (Å²) < 4.78 is 0. The smallest absolute Gasteiger partial charge is 0.0672 e. The monoisotopic (exact) mass is 266 g/mol. The molecule has 18 heavy (non-hydrogen) atoms. The molecule has 0 radical (unpaired) electrons. The van der Waals surface area contributed by atoms with Crippen LogP contribution in [-0.2, 0) is 0 Å². The van der Waals surface area contributed by atoms with Gasteiger partial charge in [0.25, 0.3) is 0 Å². The SMILES string of the molecule is CCSC1CCC(NC2CCCCCC2C#N)C1. The third-order valence-corrected chi connectivity index (χ3v) is 5.65. The lowest BCUT2D eigenvalue weighted by Crippen LogP contribution is -2.41. The zero-order chi connectivity index (χ0) is 12.8. The van der Waals surface area contributed by atoms with Crippen LogP contribution in [0.1, 0.15) is 58.3 Å². The molecule has 1 N–H and O–H groups in total. The molecule has 3 heteroatoms. The predicted octanol–water partition coefficient (Wildman–Crippen LogP) is 3.72. The molecule has 2 aliphatic carbocycles. The van der Waals surface area contributed by atoms with E-state index >= 15 is 0 Å². The number of nitriles is 1. The van der Waals surface area contributed by atoms with Crippen LogP contribution in [0.3, 0.4) is 0 Å². The van der Waals surface area contributed by atoms with E-state index in [0.717, 1.165) is 11.7 Å². The van der Waals surface area contributed by atoms with Gasteiger partial charge in [0.2, 0.25) is 0 Å². The Hall–Kier alpha value is -0.200. The first-order valence-corrected chi connectivity index (χ1v) is 8.65. The summed E-state index contributed by atoms with van der Waals surface area (Å²) in [5.74, 6) is 1.49. The van der Waals surface area contributed by atoms with E-state index in [2.05, 4.69) is 30.1 Å². The van der Waals surface area contributed by atoms with E-state index in [0.29, 0.717) is 12.1 Å². The molecule has 0 aromatic heterocycles. The van der Waals surface area contributed by atoms with Crippen molar-refractivity contribution in [3.05, 3.63) is 0 Å². The average Bonchev–Trinajstić information content (AvgIpc) is 2.69. The van der Waals surface area contributed by atoms with Crippen LogP contribution >= 0.6 is 11.8 Å². The van der Waals surface area contributed by atoms with Gasteiger partial charge in [0.1, 0.15) is 0 Å². The first kappa shape index (κ1) is 14.2. The molecule has 0 saturated heterocycles. The third-order valence-electron chi connectivity index (χ3n) is 4.42. The van der Waals surface area contributed by atoms with Gasteiger partial charge in [-0.1, -0.05) is 26.2 Å². The first-order chi connectivity index (χ1) is 8.83. The van der Waals surface area contributed by atoms with Gasteiger partial charge >= 0.3 is 0 Å². The van der Waals surface area contributed by atoms with Gasteiger partial charge in [-0.15, -0.1) is 0 Å². The van der Waals surface area contributed by atoms with Crippen molar-refractivity contribution >= 4 is 11.8 Å². The quantitative estimate of drug-likeness (QED) is 0.788. The number of hydrogen-bond acceptors (Lipinski definition) is 3. The molecule has 0 aromatic carbocycles. The molecule has 4 atom stereocenters. The second-order valence-electron chi connectivity index (χ2n) is 5.73. The maximum absolute atomic E-state index is 9.30. The maximum Gasteiger partial charge on any atom is 0.0672 e. The van der Waals surface area contributed by atoms with Crippen LogP contribution in [0.4, 0.5) is 0 Å². The van der Waals surface area contributed by atoms with Gasteiger partial charge < -0.3 is 5.32 Å². The van der Waals surface area contributed by atoms with Gasteiger partial charge in [0.05, 0.1) is 12.0 Å². The maximum atomic E-state index is 9.30. The van der Waals surface area contributed by atoms with E-state index in [1.165, 1.54) is 50.7 Å². The highest BCUT2D eigenvalue weighted by Crippen LogP contribution is 2.31. The summed E-state index contributed by atoms with van der Waals surface area (Å²) >= 11 is 2.11. The number of rotatable bonds is 4. The van der Waals surface area contributed by atoms with E-state index in [-0.39, 0.29) is 5.92 Å². The van der Waals surface area contributed by atoms with Crippen LogP contribution in [0.5, 0.6) is 0 Å². The van der Waals surface area contributed by atoms with Gasteiger partial charge in [0, 0.05) is 17.3 Å². The van der Waals surface area contributed by atoms with Crippen molar-refractivity contribution in [2.45, 2.75) is 75.6 Å². The van der Waals surface area contributed by atoms with Crippen molar-refractivity contribution in [2.24, 2.45) is 5.92 Å². The molecule has 4 unspecified atom stereocenters. The highest BCUT2D eigenvalue weighted by atomic mass is 32.2. The van der Waals surface area contributed by atoms with E-state index in [1.54, 1.807) is 0 Å². The average molecular weight is 266 g/mol. The standard InChI is InChI=1S/C15H26N2S/c1-2-18-14-9-8-13(10-14)17-15-7-5-3-4-6-12(15)11-16/h12-15,17H,2-10H2,1H3. The number of hydrogen-bond donors (Lipinski definition) is 1. The largest absolute Gasteiger partial charge is 0.310 e. The lowest BCUT2D eigenvalue weighted by Gasteiger charge is -2.25. The fraction of sp³-hybridized carbons (Fsp3) is 0.933. The molecule has 2 fully saturated rings. The minimum absolute atomic E-state index is 0.255. The second kappa shape index (κ2) is 7.40. The summed E-state index contributed by atoms with van der Waals surface area (Å²) in [5, 5.41) is 14.0. The van der Waals surface area contributed by atoms with Crippen LogP contribution in [-0.4, -0.2) is 23.1 Å². The van der Waals surface area contributed by atoms with Gasteiger partial charge in [-0.25, -0.2) is 0 Å². The van der Waals surface area contributed by atoms with Gasteiger partial charge in [-0.3, -0.25) is 0 Å². The molecule has 2 rings (SSSR count). The Morgan fingerprint density at radius 3 is 2.78 bits per heavy atom. The Morgan fingerprint density at radius 2 is 2.00 bits per heavy atom. The van der Waals surface area contributed by atoms with Crippen LogP contribution in [0.25, 0.3) is 0 Å². The molecule has 2 aliphatic rings. The lowest BCUT2D eigenvalue weighted by atomic mass is 9.95. The molecule has 0 heterocycles. The van der Waals surface area contributed by atoms with Crippen molar-refractivity contribution in [3.8, 4) is 6.07 Å². The summed E-state index contributed by atoms with van der Waals surface area (Å²) in [7, 11) is 0. The van der Waals surface area contributed by atoms with E-state index in [1.807, 2.05) is 0 Å². The van der Waals surface area contributed by atoms with E-state index in [9.17, 15) is 5.26 Å². The van der Waals surface area contributed by atoms with Gasteiger partial charge in [0.15, 0.2) is 0 Å². The predicted molar refractivity (Wildman–Crippen MR) is 78.7 cm³/mol. The van der Waals surface area contributed by atoms with Crippen LogP contribution in [0.15, 0.2) is 0 Å². The van der Waals surface area contributed by atoms with E-state index in [4.69, 9.17) is 0 Å². The fourth-order valence-electron chi connectivity index (χ4n) is 3.44. The highest BCUT2D eigenvalue weighted by molar-refractivity contribution is 7.99. The third kappa shape index (κ3) is 3.90. The molecule has 0 aromatic rings. The van der Waals surface area contributed by atoms with E-state index < -0.39 is 0 Å². The molecule has 0 amide bonds. The normalized spacial score (nSPS) is 37.1. The zero-order valence-corrected chi connectivity index (χ0v) is 12.3. The van der Waals surface area contributed by atoms with Crippen LogP contribution in [0, 0.1) is 17.2 Å². The Bertz CT molecular complexity index is 287. The molecule has 102 valence electrons. The number of nitrogens with zero attached hydrogens (tertiary/aromatic N) is 1. The van der Waals surface area contributed by atoms with Gasteiger partial charge in [-0.2, -0.15) is 17.0 Å². The van der Waals surface area contributed by atoms with Gasteiger partial charge in [-0.05, 0) is 37.9 Å². The minimum atomic E-state index is 0.255. The zero-order valence-electron chi connectivity index (χ0n) is 11.5.